The maximum atomic E-state index is 12.1. The molecule has 1 aromatic heterocycles. The number of quaternary nitrogens is 1. The van der Waals surface area contributed by atoms with E-state index in [4.69, 9.17) is 30.5 Å². The van der Waals surface area contributed by atoms with Crippen molar-refractivity contribution in [2.75, 3.05) is 47.9 Å². The van der Waals surface area contributed by atoms with Crippen LogP contribution in [-0.2, 0) is 6.54 Å². The highest BCUT2D eigenvalue weighted by atomic mass is 35.5. The Morgan fingerprint density at radius 1 is 1.08 bits per heavy atom. The molecule has 0 amide bonds. The Balaban J connectivity index is 1.80. The third kappa shape index (κ3) is 5.28. The molecule has 3 aromatic rings. The van der Waals surface area contributed by atoms with E-state index in [9.17, 15) is 5.11 Å². The number of pyridine rings is 1. The number of nitrogens with zero attached hydrogens (tertiary/aromatic N) is 2. The SMILES string of the molecule is C=CC1C[N+](C)(Cc2cc(OC)c(OC)c(OC)c2)[C@H]([C@H](O)c2ccnc3ccc(OC)cc23)CC1CCl. The summed E-state index contributed by atoms with van der Waals surface area (Å²) in [5.41, 5.74) is 2.67. The zero-order valence-corrected chi connectivity index (χ0v) is 23.6. The van der Waals surface area contributed by atoms with E-state index >= 15 is 0 Å². The van der Waals surface area contributed by atoms with Gasteiger partial charge >= 0.3 is 0 Å². The van der Waals surface area contributed by atoms with Gasteiger partial charge in [-0.1, -0.05) is 6.08 Å². The normalized spacial score (nSPS) is 24.0. The number of hydrogen-bond donors (Lipinski definition) is 1. The molecule has 1 aliphatic heterocycles. The second-order valence-electron chi connectivity index (χ2n) is 10.2. The van der Waals surface area contributed by atoms with Crippen LogP contribution in [0.25, 0.3) is 10.9 Å². The number of hydrogen-bond acceptors (Lipinski definition) is 6. The zero-order chi connectivity index (χ0) is 27.4. The second-order valence-corrected chi connectivity index (χ2v) is 10.5. The Morgan fingerprint density at radius 2 is 1.79 bits per heavy atom. The lowest BCUT2D eigenvalue weighted by atomic mass is 9.78. The summed E-state index contributed by atoms with van der Waals surface area (Å²) in [6.45, 7) is 5.54. The summed E-state index contributed by atoms with van der Waals surface area (Å²) >= 11 is 6.46. The number of rotatable bonds is 10. The molecule has 5 atom stereocenters. The van der Waals surface area contributed by atoms with Crippen LogP contribution < -0.4 is 18.9 Å². The standard InChI is InChI=1S/C30H38ClN2O5/c1-7-20-18-33(2,17-19-12-27(36-4)30(38-6)28(13-19)37-5)26(14-21(20)16-31)29(34)23-10-11-32-25-9-8-22(35-3)15-24(23)25/h7-13,15,20-21,26,29,34H,1,14,16-18H2,2-6H3/q+1/t20?,21?,26-,29+,33?/m0/s1. The molecule has 0 aliphatic carbocycles. The first kappa shape index (κ1) is 28.0. The summed E-state index contributed by atoms with van der Waals surface area (Å²) in [6.07, 6.45) is 3.76. The molecule has 8 heteroatoms. The van der Waals surface area contributed by atoms with Crippen molar-refractivity contribution in [3.05, 3.63) is 66.4 Å². The van der Waals surface area contributed by atoms with Crippen molar-refractivity contribution < 1.29 is 28.5 Å². The minimum Gasteiger partial charge on any atom is -0.497 e. The largest absolute Gasteiger partial charge is 0.497 e. The van der Waals surface area contributed by atoms with E-state index in [1.807, 2.05) is 42.5 Å². The predicted molar refractivity (Wildman–Crippen MR) is 150 cm³/mol. The summed E-state index contributed by atoms with van der Waals surface area (Å²) in [7, 11) is 8.67. The smallest absolute Gasteiger partial charge is 0.203 e. The van der Waals surface area contributed by atoms with Crippen LogP contribution in [0.2, 0.25) is 0 Å². The topological polar surface area (TPSA) is 70.0 Å². The van der Waals surface area contributed by atoms with Crippen LogP contribution in [0.3, 0.4) is 0 Å². The molecule has 0 radical (unpaired) electrons. The van der Waals surface area contributed by atoms with Gasteiger partial charge in [0.05, 0.1) is 47.5 Å². The molecule has 0 spiro atoms. The Hall–Kier alpha value is -3.00. The molecule has 2 heterocycles. The molecule has 0 bridgehead atoms. The van der Waals surface area contributed by atoms with Crippen LogP contribution in [0, 0.1) is 11.8 Å². The van der Waals surface area contributed by atoms with E-state index in [0.29, 0.717) is 34.2 Å². The van der Waals surface area contributed by atoms with Gasteiger partial charge in [0.15, 0.2) is 11.5 Å². The number of halogens is 1. The highest BCUT2D eigenvalue weighted by Crippen LogP contribution is 2.44. The number of piperidine rings is 1. The fourth-order valence-corrected chi connectivity index (χ4v) is 6.34. The number of likely N-dealkylation sites (tertiary alicyclic amines) is 1. The van der Waals surface area contributed by atoms with Crippen molar-refractivity contribution in [1.29, 1.82) is 0 Å². The monoisotopic (exact) mass is 541 g/mol. The number of aromatic nitrogens is 1. The fraction of sp³-hybridized carbons (Fsp3) is 0.433. The first-order chi connectivity index (χ1) is 18.3. The lowest BCUT2D eigenvalue weighted by Crippen LogP contribution is -2.61. The van der Waals surface area contributed by atoms with Gasteiger partial charge in [-0.3, -0.25) is 4.98 Å². The van der Waals surface area contributed by atoms with Gasteiger partial charge in [0.25, 0.3) is 0 Å². The molecule has 204 valence electrons. The molecule has 38 heavy (non-hydrogen) atoms. The molecule has 0 saturated carbocycles. The molecule has 1 saturated heterocycles. The average molecular weight is 542 g/mol. The Bertz CT molecular complexity index is 1260. The number of benzene rings is 2. The molecular formula is C30H38ClN2O5+. The van der Waals surface area contributed by atoms with E-state index in [1.165, 1.54) is 0 Å². The number of alkyl halides is 1. The Kier molecular flexibility index (Phi) is 8.71. The van der Waals surface area contributed by atoms with E-state index in [-0.39, 0.29) is 17.9 Å². The Labute approximate surface area is 230 Å². The third-order valence-corrected chi connectivity index (χ3v) is 8.41. The number of methoxy groups -OCH3 is 4. The van der Waals surface area contributed by atoms with Crippen LogP contribution in [0.4, 0.5) is 0 Å². The van der Waals surface area contributed by atoms with E-state index in [2.05, 4.69) is 18.6 Å². The number of fused-ring (bicyclic) bond motifs is 1. The minimum atomic E-state index is -0.754. The van der Waals surface area contributed by atoms with Gasteiger partial charge < -0.3 is 28.5 Å². The molecule has 4 rings (SSSR count). The van der Waals surface area contributed by atoms with Crippen molar-refractivity contribution in [1.82, 2.24) is 4.98 Å². The summed E-state index contributed by atoms with van der Waals surface area (Å²) in [5.74, 6) is 3.43. The van der Waals surface area contributed by atoms with Gasteiger partial charge in [0.2, 0.25) is 5.75 Å². The lowest BCUT2D eigenvalue weighted by molar-refractivity contribution is -0.958. The molecule has 1 N–H and O–H groups in total. The van der Waals surface area contributed by atoms with Crippen molar-refractivity contribution in [3.63, 3.8) is 0 Å². The van der Waals surface area contributed by atoms with Crippen molar-refractivity contribution >= 4 is 22.5 Å². The van der Waals surface area contributed by atoms with Crippen molar-refractivity contribution in [2.24, 2.45) is 11.8 Å². The average Bonchev–Trinajstić information content (AvgIpc) is 2.95. The minimum absolute atomic E-state index is 0.133. The fourth-order valence-electron chi connectivity index (χ4n) is 5.98. The van der Waals surface area contributed by atoms with E-state index in [1.54, 1.807) is 34.6 Å². The third-order valence-electron chi connectivity index (χ3n) is 8.01. The number of ether oxygens (including phenoxy) is 4. The van der Waals surface area contributed by atoms with Crippen LogP contribution in [0.5, 0.6) is 23.0 Å². The quantitative estimate of drug-likeness (QED) is 0.211. The molecular weight excluding hydrogens is 504 g/mol. The van der Waals surface area contributed by atoms with Crippen LogP contribution in [0.1, 0.15) is 23.7 Å². The van der Waals surface area contributed by atoms with E-state index in [0.717, 1.165) is 40.7 Å². The Morgan fingerprint density at radius 3 is 2.37 bits per heavy atom. The number of aliphatic hydroxyl groups is 1. The lowest BCUT2D eigenvalue weighted by Gasteiger charge is -2.51. The molecule has 3 unspecified atom stereocenters. The van der Waals surface area contributed by atoms with Crippen LogP contribution in [0.15, 0.2) is 55.3 Å². The van der Waals surface area contributed by atoms with Crippen LogP contribution >= 0.6 is 11.6 Å². The number of aliphatic hydroxyl groups excluding tert-OH is 1. The first-order valence-corrected chi connectivity index (χ1v) is 13.3. The number of likely N-dealkylation sites (N-methyl/N-ethyl adjacent to an activating group) is 1. The van der Waals surface area contributed by atoms with Gasteiger partial charge in [-0.15, -0.1) is 18.2 Å². The van der Waals surface area contributed by atoms with Gasteiger partial charge in [-0.05, 0) is 47.9 Å². The van der Waals surface area contributed by atoms with Gasteiger partial charge in [-0.2, -0.15) is 0 Å². The van der Waals surface area contributed by atoms with Crippen LogP contribution in [-0.4, -0.2) is 68.5 Å². The molecule has 1 fully saturated rings. The first-order valence-electron chi connectivity index (χ1n) is 12.7. The maximum Gasteiger partial charge on any atom is 0.203 e. The van der Waals surface area contributed by atoms with Gasteiger partial charge in [-0.25, -0.2) is 0 Å². The van der Waals surface area contributed by atoms with Gasteiger partial charge in [0, 0.05) is 35.4 Å². The molecule has 1 aliphatic rings. The van der Waals surface area contributed by atoms with E-state index < -0.39 is 6.10 Å². The zero-order valence-electron chi connectivity index (χ0n) is 22.8. The second kappa shape index (κ2) is 11.8. The predicted octanol–water partition coefficient (Wildman–Crippen LogP) is 5.38. The highest BCUT2D eigenvalue weighted by molar-refractivity contribution is 6.18. The maximum absolute atomic E-state index is 12.1. The summed E-state index contributed by atoms with van der Waals surface area (Å²) in [5, 5.41) is 12.9. The van der Waals surface area contributed by atoms with Crippen molar-refractivity contribution in [3.8, 4) is 23.0 Å². The summed E-state index contributed by atoms with van der Waals surface area (Å²) < 4.78 is 22.8. The molecule has 7 nitrogen and oxygen atoms in total. The summed E-state index contributed by atoms with van der Waals surface area (Å²) in [6, 6.07) is 11.5. The highest BCUT2D eigenvalue weighted by Gasteiger charge is 2.47. The van der Waals surface area contributed by atoms with Gasteiger partial charge in [0.1, 0.15) is 24.4 Å². The summed E-state index contributed by atoms with van der Waals surface area (Å²) in [4.78, 5) is 4.51. The molecule has 2 aromatic carbocycles. The van der Waals surface area contributed by atoms with Crippen molar-refractivity contribution in [2.45, 2.75) is 25.1 Å².